The molecular weight excluding hydrogens is 548 g/mol. The molecule has 3 aromatic rings. The molecule has 0 radical (unpaired) electrons. The second-order valence-corrected chi connectivity index (χ2v) is 8.62. The van der Waals surface area contributed by atoms with Crippen molar-refractivity contribution in [2.75, 3.05) is 49.4 Å². The van der Waals surface area contributed by atoms with Gasteiger partial charge in [-0.3, -0.25) is 0 Å². The highest BCUT2D eigenvalue weighted by Gasteiger charge is 2.34. The number of H-pyrrole nitrogens is 2. The number of nitrogens with two attached hydrogens (primary N) is 4. The van der Waals surface area contributed by atoms with E-state index in [-0.39, 0.29) is 94.2 Å². The zero-order valence-corrected chi connectivity index (χ0v) is 23.7. The van der Waals surface area contributed by atoms with Gasteiger partial charge in [-0.05, 0) is 44.9 Å². The van der Waals surface area contributed by atoms with Crippen molar-refractivity contribution in [3.63, 3.8) is 0 Å². The molecule has 0 fully saturated rings. The van der Waals surface area contributed by atoms with Crippen molar-refractivity contribution >= 4 is 47.1 Å². The quantitative estimate of drug-likeness (QED) is 0.197. The molecule has 3 rings (SSSR count). The molecule has 0 spiro atoms. The van der Waals surface area contributed by atoms with Crippen LogP contribution in [0.5, 0.6) is 0 Å². The maximum atomic E-state index is 13.1. The normalized spacial score (nSPS) is 10.6. The number of esters is 4. The Morgan fingerprint density at radius 1 is 0.548 bits per heavy atom. The summed E-state index contributed by atoms with van der Waals surface area (Å²) in [6.45, 7) is 6.49. The van der Waals surface area contributed by atoms with E-state index in [1.165, 1.54) is 6.07 Å². The van der Waals surface area contributed by atoms with Gasteiger partial charge in [0.05, 0.1) is 26.4 Å². The molecule has 0 atom stereocenters. The lowest BCUT2D eigenvalue weighted by Gasteiger charge is -2.18. The van der Waals surface area contributed by atoms with E-state index in [1.807, 2.05) is 0 Å². The molecule has 0 bridgehead atoms. The maximum absolute atomic E-state index is 13.1. The van der Waals surface area contributed by atoms with Crippen LogP contribution in [-0.2, 0) is 18.9 Å². The Morgan fingerprint density at radius 3 is 1.05 bits per heavy atom. The van der Waals surface area contributed by atoms with E-state index in [9.17, 15) is 19.2 Å². The lowest BCUT2D eigenvalue weighted by Crippen LogP contribution is -2.27. The van der Waals surface area contributed by atoms with Crippen LogP contribution in [0, 0.1) is 0 Å². The van der Waals surface area contributed by atoms with E-state index in [4.69, 9.17) is 41.9 Å². The van der Waals surface area contributed by atoms with E-state index < -0.39 is 23.9 Å². The van der Waals surface area contributed by atoms with E-state index in [0.717, 1.165) is 0 Å². The van der Waals surface area contributed by atoms with Gasteiger partial charge in [-0.2, -0.15) is 0 Å². The fourth-order valence-corrected chi connectivity index (χ4v) is 4.40. The molecule has 0 saturated carbocycles. The van der Waals surface area contributed by atoms with E-state index in [2.05, 4.69) is 9.97 Å². The number of anilines is 4. The second-order valence-electron chi connectivity index (χ2n) is 8.62. The smallest absolute Gasteiger partial charge is 0.345 e. The van der Waals surface area contributed by atoms with Crippen molar-refractivity contribution in [3.05, 3.63) is 46.5 Å². The number of nitrogen functional groups attached to an aromatic ring is 4. The summed E-state index contributed by atoms with van der Waals surface area (Å²) in [6, 6.07) is 6.20. The summed E-state index contributed by atoms with van der Waals surface area (Å²) in [5.74, 6) is -4.00. The standard InChI is InChI=1S/C28H32N6O8/c1-5-39-25(35)17-15(18(26(36)40-6-2)22(30)33-21(17)29)13-10-9-11-14(12-13)16-19(27(37)41-7-3)23(31)34-24(32)20(16)28(38)42-8-4/h9-12H,5-8H2,1-4H3,(H4,29,30,33)(H4,31,32,34)/p+2. The third-order valence-electron chi connectivity index (χ3n) is 5.97. The van der Waals surface area contributed by atoms with Crippen LogP contribution in [0.25, 0.3) is 22.3 Å². The lowest BCUT2D eigenvalue weighted by atomic mass is 9.89. The van der Waals surface area contributed by atoms with Crippen LogP contribution in [0.1, 0.15) is 69.1 Å². The second kappa shape index (κ2) is 13.3. The number of rotatable bonds is 10. The minimum atomic E-state index is -0.834. The molecule has 0 aliphatic heterocycles. The predicted octanol–water partition coefficient (Wildman–Crippen LogP) is 1.68. The number of nitrogens with one attached hydrogen (secondary N) is 2. The molecule has 0 aliphatic carbocycles. The summed E-state index contributed by atoms with van der Waals surface area (Å²) in [5.41, 5.74) is 24.4. The molecule has 2 aromatic heterocycles. The number of carbonyl (C=O) groups excluding carboxylic acids is 4. The predicted molar refractivity (Wildman–Crippen MR) is 152 cm³/mol. The number of aromatic amines is 2. The first-order chi connectivity index (χ1) is 20.0. The van der Waals surface area contributed by atoms with Crippen molar-refractivity contribution in [1.29, 1.82) is 0 Å². The molecule has 0 unspecified atom stereocenters. The molecule has 14 nitrogen and oxygen atoms in total. The summed E-state index contributed by atoms with van der Waals surface area (Å²) >= 11 is 0. The largest absolute Gasteiger partial charge is 0.462 e. The first-order valence-corrected chi connectivity index (χ1v) is 13.1. The third kappa shape index (κ3) is 6.01. The van der Waals surface area contributed by atoms with Gasteiger partial charge in [-0.25, -0.2) is 29.1 Å². The molecule has 2 heterocycles. The SMILES string of the molecule is CCOC(=O)c1c(N)[nH+]c(N)c(C(=O)OCC)c1-c1cccc(-c2c(C(=O)OCC)c(N)[nH+]c(N)c2C(=O)OCC)c1. The van der Waals surface area contributed by atoms with Crippen LogP contribution < -0.4 is 32.9 Å². The summed E-state index contributed by atoms with van der Waals surface area (Å²) in [6.07, 6.45) is 0. The van der Waals surface area contributed by atoms with Crippen molar-refractivity contribution in [2.45, 2.75) is 27.7 Å². The summed E-state index contributed by atoms with van der Waals surface area (Å²) < 4.78 is 20.9. The number of ether oxygens (including phenoxy) is 4. The number of hydrogen-bond acceptors (Lipinski definition) is 12. The average Bonchev–Trinajstić information content (AvgIpc) is 2.92. The van der Waals surface area contributed by atoms with Crippen LogP contribution in [0.4, 0.5) is 23.3 Å². The van der Waals surface area contributed by atoms with Crippen molar-refractivity contribution in [3.8, 4) is 22.3 Å². The first-order valence-electron chi connectivity index (χ1n) is 13.1. The summed E-state index contributed by atoms with van der Waals surface area (Å²) in [4.78, 5) is 57.7. The Labute approximate surface area is 241 Å². The number of pyridine rings is 2. The van der Waals surface area contributed by atoms with Crippen LogP contribution >= 0.6 is 0 Å². The Balaban J connectivity index is 2.49. The van der Waals surface area contributed by atoms with Crippen molar-refractivity contribution in [2.24, 2.45) is 0 Å². The van der Waals surface area contributed by atoms with Gasteiger partial charge in [0.15, 0.2) is 0 Å². The molecule has 42 heavy (non-hydrogen) atoms. The van der Waals surface area contributed by atoms with E-state index in [0.29, 0.717) is 0 Å². The molecule has 1 aromatic carbocycles. The Kier molecular flexibility index (Phi) is 9.86. The zero-order valence-electron chi connectivity index (χ0n) is 23.7. The molecule has 0 aliphatic rings. The number of hydrogen-bond donors (Lipinski definition) is 4. The van der Waals surface area contributed by atoms with Gasteiger partial charge in [0, 0.05) is 11.1 Å². The molecule has 14 heteroatoms. The van der Waals surface area contributed by atoms with E-state index in [1.54, 1.807) is 45.9 Å². The topological polar surface area (TPSA) is 238 Å². The number of benzene rings is 1. The van der Waals surface area contributed by atoms with Gasteiger partial charge in [0.2, 0.25) is 23.3 Å². The Hall–Kier alpha value is -5.40. The highest BCUT2D eigenvalue weighted by atomic mass is 16.5. The molecule has 222 valence electrons. The third-order valence-corrected chi connectivity index (χ3v) is 5.97. The van der Waals surface area contributed by atoms with Gasteiger partial charge in [0.25, 0.3) is 0 Å². The van der Waals surface area contributed by atoms with Crippen LogP contribution in [0.2, 0.25) is 0 Å². The van der Waals surface area contributed by atoms with Gasteiger partial charge in [0.1, 0.15) is 22.3 Å². The van der Waals surface area contributed by atoms with Gasteiger partial charge >= 0.3 is 23.9 Å². The van der Waals surface area contributed by atoms with Gasteiger partial charge < -0.3 is 41.9 Å². The van der Waals surface area contributed by atoms with E-state index >= 15 is 0 Å². The number of carbonyl (C=O) groups is 4. The fraction of sp³-hybridized carbons (Fsp3) is 0.286. The van der Waals surface area contributed by atoms with Crippen molar-refractivity contribution in [1.82, 2.24) is 0 Å². The van der Waals surface area contributed by atoms with Crippen molar-refractivity contribution < 1.29 is 48.1 Å². The molecular formula is C28H34N6O8+2. The lowest BCUT2D eigenvalue weighted by molar-refractivity contribution is -0.343. The van der Waals surface area contributed by atoms with Gasteiger partial charge in [-0.15, -0.1) is 0 Å². The zero-order chi connectivity index (χ0) is 31.1. The Morgan fingerprint density at radius 2 is 0.810 bits per heavy atom. The van der Waals surface area contributed by atoms with Crippen LogP contribution in [0.3, 0.4) is 0 Å². The number of aromatic nitrogens is 2. The fourth-order valence-electron chi connectivity index (χ4n) is 4.40. The Bertz CT molecular complexity index is 1360. The highest BCUT2D eigenvalue weighted by molar-refractivity contribution is 6.12. The minimum absolute atomic E-state index is 0.00121. The van der Waals surface area contributed by atoms with Crippen LogP contribution in [0.15, 0.2) is 24.3 Å². The first kappa shape index (κ1) is 31.1. The molecule has 10 N–H and O–H groups in total. The summed E-state index contributed by atoms with van der Waals surface area (Å²) in [5, 5.41) is 0. The molecule has 0 saturated heterocycles. The monoisotopic (exact) mass is 582 g/mol. The average molecular weight is 583 g/mol. The van der Waals surface area contributed by atoms with Crippen LogP contribution in [-0.4, -0.2) is 50.3 Å². The maximum Gasteiger partial charge on any atom is 0.345 e. The minimum Gasteiger partial charge on any atom is -0.462 e. The van der Waals surface area contributed by atoms with Gasteiger partial charge in [-0.1, -0.05) is 18.2 Å². The summed E-state index contributed by atoms with van der Waals surface area (Å²) in [7, 11) is 0. The molecule has 0 amide bonds. The highest BCUT2D eigenvalue weighted by Crippen LogP contribution is 2.38.